The molecule has 0 unspecified atom stereocenters. The van der Waals surface area contributed by atoms with Crippen LogP contribution in [0.2, 0.25) is 0 Å². The number of hydrogen-bond donors (Lipinski definition) is 1. The van der Waals surface area contributed by atoms with E-state index in [1.54, 1.807) is 10.8 Å². The van der Waals surface area contributed by atoms with Gasteiger partial charge in [0.2, 0.25) is 5.91 Å². The monoisotopic (exact) mass is 459 g/mol. The van der Waals surface area contributed by atoms with E-state index in [4.69, 9.17) is 0 Å². The SMILES string of the molecule is CCn1cnc(S(=O)(=O)N2CCC[C@H](C(=O)NC3CCN(Cc4ccccc4)CC3)C2)c1. The Morgan fingerprint density at radius 3 is 2.56 bits per heavy atom. The van der Waals surface area contributed by atoms with Gasteiger partial charge in [-0.25, -0.2) is 13.4 Å². The topological polar surface area (TPSA) is 87.5 Å². The molecule has 2 aliphatic heterocycles. The lowest BCUT2D eigenvalue weighted by molar-refractivity contribution is -0.127. The van der Waals surface area contributed by atoms with Crippen LogP contribution in [0.25, 0.3) is 0 Å². The van der Waals surface area contributed by atoms with E-state index in [0.717, 1.165) is 32.5 Å². The summed E-state index contributed by atoms with van der Waals surface area (Å²) < 4.78 is 29.1. The molecule has 1 N–H and O–H groups in total. The molecule has 1 atom stereocenters. The average Bonchev–Trinajstić information content (AvgIpc) is 3.31. The number of rotatable bonds is 7. The summed E-state index contributed by atoms with van der Waals surface area (Å²) in [5.41, 5.74) is 1.31. The fourth-order valence-electron chi connectivity index (χ4n) is 4.55. The number of nitrogens with zero attached hydrogens (tertiary/aromatic N) is 4. The molecule has 4 rings (SSSR count). The minimum Gasteiger partial charge on any atom is -0.353 e. The van der Waals surface area contributed by atoms with Gasteiger partial charge in [0, 0.05) is 51.5 Å². The molecule has 0 spiro atoms. The lowest BCUT2D eigenvalue weighted by atomic mass is 9.97. The van der Waals surface area contributed by atoms with Crippen molar-refractivity contribution >= 4 is 15.9 Å². The fraction of sp³-hybridized carbons (Fsp3) is 0.565. The van der Waals surface area contributed by atoms with Gasteiger partial charge < -0.3 is 9.88 Å². The van der Waals surface area contributed by atoms with E-state index in [2.05, 4.69) is 39.5 Å². The number of benzene rings is 1. The van der Waals surface area contributed by atoms with E-state index in [0.29, 0.717) is 25.9 Å². The van der Waals surface area contributed by atoms with Crippen molar-refractivity contribution in [2.45, 2.75) is 56.8 Å². The van der Waals surface area contributed by atoms with Gasteiger partial charge in [0.1, 0.15) is 0 Å². The van der Waals surface area contributed by atoms with Crippen LogP contribution in [0.1, 0.15) is 38.2 Å². The highest BCUT2D eigenvalue weighted by atomic mass is 32.2. The first-order chi connectivity index (χ1) is 15.5. The van der Waals surface area contributed by atoms with Crippen LogP contribution in [0.5, 0.6) is 0 Å². The molecule has 32 heavy (non-hydrogen) atoms. The third kappa shape index (κ3) is 5.39. The molecular weight excluding hydrogens is 426 g/mol. The van der Waals surface area contributed by atoms with Crippen molar-refractivity contribution < 1.29 is 13.2 Å². The van der Waals surface area contributed by atoms with Gasteiger partial charge in [-0.15, -0.1) is 0 Å². The summed E-state index contributed by atoms with van der Waals surface area (Å²) in [5.74, 6) is -0.334. The molecule has 2 aliphatic rings. The summed E-state index contributed by atoms with van der Waals surface area (Å²) in [4.78, 5) is 19.4. The zero-order valence-corrected chi connectivity index (χ0v) is 19.5. The van der Waals surface area contributed by atoms with Crippen LogP contribution >= 0.6 is 0 Å². The number of aryl methyl sites for hydroxylation is 1. The van der Waals surface area contributed by atoms with E-state index in [1.165, 1.54) is 16.2 Å². The van der Waals surface area contributed by atoms with Crippen molar-refractivity contribution in [1.29, 1.82) is 0 Å². The van der Waals surface area contributed by atoms with Gasteiger partial charge in [-0.3, -0.25) is 9.69 Å². The first-order valence-electron chi connectivity index (χ1n) is 11.5. The maximum atomic E-state index is 13.0. The molecule has 0 aliphatic carbocycles. The van der Waals surface area contributed by atoms with Crippen molar-refractivity contribution in [3.05, 3.63) is 48.4 Å². The van der Waals surface area contributed by atoms with Crippen LogP contribution in [0.15, 0.2) is 47.9 Å². The van der Waals surface area contributed by atoms with E-state index in [1.807, 2.05) is 13.0 Å². The van der Waals surface area contributed by atoms with Crippen molar-refractivity contribution in [2.24, 2.45) is 5.92 Å². The fourth-order valence-corrected chi connectivity index (χ4v) is 6.01. The normalized spacial score (nSPS) is 21.5. The van der Waals surface area contributed by atoms with Crippen LogP contribution in [0.4, 0.5) is 0 Å². The standard InChI is InChI=1S/C23H33N5O3S/c1-2-26-17-22(24-18-26)32(30,31)28-12-6-9-20(16-28)23(29)25-21-10-13-27(14-11-21)15-19-7-4-3-5-8-19/h3-5,7-8,17-18,20-21H,2,6,9-16H2,1H3,(H,25,29)/t20-/m0/s1. The number of carbonyl (C=O) groups is 1. The Kier molecular flexibility index (Phi) is 7.27. The second-order valence-electron chi connectivity index (χ2n) is 8.79. The quantitative estimate of drug-likeness (QED) is 0.685. The first-order valence-corrected chi connectivity index (χ1v) is 13.0. The number of imidazole rings is 1. The highest BCUT2D eigenvalue weighted by Gasteiger charge is 2.35. The van der Waals surface area contributed by atoms with Crippen LogP contribution in [0, 0.1) is 5.92 Å². The maximum absolute atomic E-state index is 13.0. The Morgan fingerprint density at radius 2 is 1.88 bits per heavy atom. The van der Waals surface area contributed by atoms with E-state index >= 15 is 0 Å². The molecule has 1 aromatic carbocycles. The highest BCUT2D eigenvalue weighted by Crippen LogP contribution is 2.24. The van der Waals surface area contributed by atoms with Gasteiger partial charge in [0.15, 0.2) is 5.03 Å². The van der Waals surface area contributed by atoms with Crippen LogP contribution in [-0.4, -0.2) is 65.3 Å². The number of hydrogen-bond acceptors (Lipinski definition) is 5. The van der Waals surface area contributed by atoms with Gasteiger partial charge in [-0.2, -0.15) is 4.31 Å². The number of amides is 1. The Morgan fingerprint density at radius 1 is 1.12 bits per heavy atom. The molecule has 1 amide bonds. The molecule has 0 bridgehead atoms. The summed E-state index contributed by atoms with van der Waals surface area (Å²) in [5, 5.41) is 3.25. The third-order valence-corrected chi connectivity index (χ3v) is 8.27. The van der Waals surface area contributed by atoms with E-state index in [9.17, 15) is 13.2 Å². The third-order valence-electron chi connectivity index (χ3n) is 6.52. The minimum absolute atomic E-state index is 0.0227. The van der Waals surface area contributed by atoms with Crippen molar-refractivity contribution in [3.63, 3.8) is 0 Å². The predicted octanol–water partition coefficient (Wildman–Crippen LogP) is 2.08. The van der Waals surface area contributed by atoms with Gasteiger partial charge in [-0.1, -0.05) is 30.3 Å². The van der Waals surface area contributed by atoms with Gasteiger partial charge in [-0.05, 0) is 38.2 Å². The minimum atomic E-state index is -3.67. The summed E-state index contributed by atoms with van der Waals surface area (Å²) in [6, 6.07) is 10.6. The number of nitrogens with one attached hydrogen (secondary N) is 1. The zero-order valence-electron chi connectivity index (χ0n) is 18.7. The molecular formula is C23H33N5O3S. The zero-order chi connectivity index (χ0) is 22.6. The molecule has 0 radical (unpaired) electrons. The predicted molar refractivity (Wildman–Crippen MR) is 122 cm³/mol. The van der Waals surface area contributed by atoms with Crippen LogP contribution in [0.3, 0.4) is 0 Å². The summed E-state index contributed by atoms with van der Waals surface area (Å²) >= 11 is 0. The van der Waals surface area contributed by atoms with Gasteiger partial charge in [0.25, 0.3) is 10.0 Å². The summed E-state index contributed by atoms with van der Waals surface area (Å²) in [6.07, 6.45) is 6.33. The summed E-state index contributed by atoms with van der Waals surface area (Å²) in [7, 11) is -3.67. The Hall–Kier alpha value is -2.23. The average molecular weight is 460 g/mol. The Labute approximate surface area is 190 Å². The summed E-state index contributed by atoms with van der Waals surface area (Å²) in [6.45, 7) is 6.09. The second-order valence-corrected chi connectivity index (χ2v) is 10.7. The second kappa shape index (κ2) is 10.1. The molecule has 0 saturated carbocycles. The van der Waals surface area contributed by atoms with Crippen LogP contribution in [-0.2, 0) is 27.9 Å². The van der Waals surface area contributed by atoms with Crippen molar-refractivity contribution in [3.8, 4) is 0 Å². The smallest absolute Gasteiger partial charge is 0.262 e. The molecule has 1 aromatic heterocycles. The lowest BCUT2D eigenvalue weighted by Crippen LogP contribution is -2.50. The lowest BCUT2D eigenvalue weighted by Gasteiger charge is -2.35. The van der Waals surface area contributed by atoms with Gasteiger partial charge in [0.05, 0.1) is 12.2 Å². The van der Waals surface area contributed by atoms with Crippen molar-refractivity contribution in [1.82, 2.24) is 24.1 Å². The molecule has 2 fully saturated rings. The van der Waals surface area contributed by atoms with E-state index < -0.39 is 10.0 Å². The number of aromatic nitrogens is 2. The Bertz CT molecular complexity index is 1000. The first kappa shape index (κ1) is 22.9. The molecule has 8 nitrogen and oxygen atoms in total. The molecule has 174 valence electrons. The number of sulfonamides is 1. The van der Waals surface area contributed by atoms with Gasteiger partial charge >= 0.3 is 0 Å². The highest BCUT2D eigenvalue weighted by molar-refractivity contribution is 7.89. The van der Waals surface area contributed by atoms with Crippen molar-refractivity contribution in [2.75, 3.05) is 26.2 Å². The molecule has 3 heterocycles. The largest absolute Gasteiger partial charge is 0.353 e. The molecule has 2 aromatic rings. The Balaban J connectivity index is 1.28. The maximum Gasteiger partial charge on any atom is 0.262 e. The van der Waals surface area contributed by atoms with Crippen LogP contribution < -0.4 is 5.32 Å². The number of likely N-dealkylation sites (tertiary alicyclic amines) is 1. The molecule has 2 saturated heterocycles. The number of piperidine rings is 2. The number of carbonyl (C=O) groups excluding carboxylic acids is 1. The van der Waals surface area contributed by atoms with E-state index in [-0.39, 0.29) is 29.4 Å². The molecule has 9 heteroatoms.